The highest BCUT2D eigenvalue weighted by atomic mass is 19.3. The molecule has 4 nitrogen and oxygen atoms in total. The number of carboxylic acid groups (broad SMARTS) is 1. The van der Waals surface area contributed by atoms with E-state index in [1.54, 1.807) is 0 Å². The van der Waals surface area contributed by atoms with E-state index >= 15 is 0 Å². The molecule has 7 heteroatoms. The Kier molecular flexibility index (Phi) is 4.47. The van der Waals surface area contributed by atoms with Gasteiger partial charge in [0, 0.05) is 6.08 Å². The largest absolute Gasteiger partial charge is 0.478 e. The molecule has 0 atom stereocenters. The maximum atomic E-state index is 13.4. The van der Waals surface area contributed by atoms with Crippen LogP contribution in [0.4, 0.5) is 13.2 Å². The van der Waals surface area contributed by atoms with Crippen LogP contribution in [0.3, 0.4) is 0 Å². The maximum absolute atomic E-state index is 13.4. The first-order valence-corrected chi connectivity index (χ1v) is 4.58. The third-order valence-corrected chi connectivity index (χ3v) is 1.85. The molecule has 0 fully saturated rings. The SMILES string of the molecule is O=Cc1cc(/C=C/C(=O)O)cc(F)c1OC(F)F. The van der Waals surface area contributed by atoms with Crippen molar-refractivity contribution in [3.05, 3.63) is 35.2 Å². The molecule has 1 N–H and O–H groups in total. The highest BCUT2D eigenvalue weighted by Gasteiger charge is 2.15. The Morgan fingerprint density at radius 3 is 2.56 bits per heavy atom. The highest BCUT2D eigenvalue weighted by Crippen LogP contribution is 2.25. The van der Waals surface area contributed by atoms with E-state index in [1.165, 1.54) is 0 Å². The Hall–Kier alpha value is -2.31. The molecule has 0 saturated heterocycles. The number of carboxylic acids is 1. The Morgan fingerprint density at radius 2 is 2.06 bits per heavy atom. The van der Waals surface area contributed by atoms with Gasteiger partial charge in [-0.15, -0.1) is 0 Å². The molecule has 0 spiro atoms. The number of carbonyl (C=O) groups excluding carboxylic acids is 1. The number of hydrogen-bond donors (Lipinski definition) is 1. The summed E-state index contributed by atoms with van der Waals surface area (Å²) in [7, 11) is 0. The van der Waals surface area contributed by atoms with E-state index in [0.717, 1.165) is 24.3 Å². The third kappa shape index (κ3) is 3.62. The van der Waals surface area contributed by atoms with E-state index in [9.17, 15) is 22.8 Å². The predicted molar refractivity (Wildman–Crippen MR) is 55.1 cm³/mol. The van der Waals surface area contributed by atoms with E-state index in [-0.39, 0.29) is 11.8 Å². The van der Waals surface area contributed by atoms with Crippen molar-refractivity contribution in [1.82, 2.24) is 0 Å². The second kappa shape index (κ2) is 5.85. The van der Waals surface area contributed by atoms with Crippen LogP contribution in [0.15, 0.2) is 18.2 Å². The van der Waals surface area contributed by atoms with Crippen molar-refractivity contribution in [3.63, 3.8) is 0 Å². The summed E-state index contributed by atoms with van der Waals surface area (Å²) in [6.45, 7) is -3.27. The zero-order valence-corrected chi connectivity index (χ0v) is 8.77. The van der Waals surface area contributed by atoms with Gasteiger partial charge in [0.05, 0.1) is 5.56 Å². The summed E-state index contributed by atoms with van der Waals surface area (Å²) in [6, 6.07) is 1.82. The minimum absolute atomic E-state index is 0.0404. The molecule has 1 aromatic carbocycles. The lowest BCUT2D eigenvalue weighted by Gasteiger charge is -2.08. The lowest BCUT2D eigenvalue weighted by atomic mass is 10.1. The van der Waals surface area contributed by atoms with Crippen LogP contribution in [0, 0.1) is 5.82 Å². The van der Waals surface area contributed by atoms with E-state index in [2.05, 4.69) is 4.74 Å². The fourth-order valence-corrected chi connectivity index (χ4v) is 1.20. The molecule has 0 radical (unpaired) electrons. The van der Waals surface area contributed by atoms with E-state index in [1.807, 2.05) is 0 Å². The molecular weight excluding hydrogens is 253 g/mol. The van der Waals surface area contributed by atoms with E-state index in [0.29, 0.717) is 0 Å². The molecule has 0 saturated carbocycles. The van der Waals surface area contributed by atoms with Gasteiger partial charge in [0.1, 0.15) is 0 Å². The first-order valence-electron chi connectivity index (χ1n) is 4.58. The van der Waals surface area contributed by atoms with Gasteiger partial charge in [0.25, 0.3) is 0 Å². The first-order chi connectivity index (χ1) is 8.43. The van der Waals surface area contributed by atoms with Gasteiger partial charge in [-0.3, -0.25) is 4.79 Å². The summed E-state index contributed by atoms with van der Waals surface area (Å²) in [5.74, 6) is -3.31. The molecule has 0 aliphatic carbocycles. The van der Waals surface area contributed by atoms with Crippen LogP contribution in [-0.2, 0) is 4.79 Å². The van der Waals surface area contributed by atoms with Gasteiger partial charge in [-0.1, -0.05) is 0 Å². The average Bonchev–Trinajstić information content (AvgIpc) is 2.28. The quantitative estimate of drug-likeness (QED) is 0.652. The Morgan fingerprint density at radius 1 is 1.39 bits per heavy atom. The molecule has 0 aliphatic heterocycles. The smallest absolute Gasteiger partial charge is 0.387 e. The molecule has 0 aromatic heterocycles. The normalized spacial score (nSPS) is 10.9. The second-order valence-electron chi connectivity index (χ2n) is 3.09. The summed E-state index contributed by atoms with van der Waals surface area (Å²) in [5, 5.41) is 8.37. The van der Waals surface area contributed by atoms with Crippen molar-refractivity contribution in [2.45, 2.75) is 6.61 Å². The van der Waals surface area contributed by atoms with Crippen LogP contribution < -0.4 is 4.74 Å². The fourth-order valence-electron chi connectivity index (χ4n) is 1.20. The molecule has 18 heavy (non-hydrogen) atoms. The molecule has 0 amide bonds. The van der Waals surface area contributed by atoms with Crippen molar-refractivity contribution in [2.75, 3.05) is 0 Å². The van der Waals surface area contributed by atoms with Crippen LogP contribution >= 0.6 is 0 Å². The fraction of sp³-hybridized carbons (Fsp3) is 0.0909. The van der Waals surface area contributed by atoms with Crippen molar-refractivity contribution in [1.29, 1.82) is 0 Å². The Bertz CT molecular complexity index is 497. The van der Waals surface area contributed by atoms with Gasteiger partial charge in [0.2, 0.25) is 0 Å². The Labute approximate surface area is 99.3 Å². The van der Waals surface area contributed by atoms with Gasteiger partial charge >= 0.3 is 12.6 Å². The second-order valence-corrected chi connectivity index (χ2v) is 3.09. The number of benzene rings is 1. The average molecular weight is 260 g/mol. The highest BCUT2D eigenvalue weighted by molar-refractivity contribution is 5.86. The zero-order valence-electron chi connectivity index (χ0n) is 8.77. The van der Waals surface area contributed by atoms with Crippen molar-refractivity contribution in [3.8, 4) is 5.75 Å². The number of carbonyl (C=O) groups is 2. The standard InChI is InChI=1S/C11H7F3O4/c12-8-4-6(1-2-9(16)17)3-7(5-15)10(8)18-11(13)14/h1-5,11H,(H,16,17)/b2-1+. The number of aliphatic carboxylic acids is 1. The van der Waals surface area contributed by atoms with Crippen LogP contribution in [0.25, 0.3) is 6.08 Å². The topological polar surface area (TPSA) is 63.6 Å². The lowest BCUT2D eigenvalue weighted by Crippen LogP contribution is -2.06. The number of rotatable bonds is 5. The minimum atomic E-state index is -3.27. The lowest BCUT2D eigenvalue weighted by molar-refractivity contribution is -0.131. The number of halogens is 3. The summed E-state index contributed by atoms with van der Waals surface area (Å²) in [5.41, 5.74) is -0.390. The summed E-state index contributed by atoms with van der Waals surface area (Å²) in [6.07, 6.45) is 1.88. The van der Waals surface area contributed by atoms with Crippen LogP contribution in [0.5, 0.6) is 5.75 Å². The maximum Gasteiger partial charge on any atom is 0.387 e. The van der Waals surface area contributed by atoms with Gasteiger partial charge in [-0.05, 0) is 23.8 Å². The summed E-state index contributed by atoms with van der Waals surface area (Å²) < 4.78 is 41.2. The number of hydrogen-bond acceptors (Lipinski definition) is 3. The monoisotopic (exact) mass is 260 g/mol. The van der Waals surface area contributed by atoms with E-state index in [4.69, 9.17) is 5.11 Å². The summed E-state index contributed by atoms with van der Waals surface area (Å²) >= 11 is 0. The van der Waals surface area contributed by atoms with Gasteiger partial charge < -0.3 is 9.84 Å². The van der Waals surface area contributed by atoms with Crippen molar-refractivity contribution < 1.29 is 32.6 Å². The molecule has 0 unspecified atom stereocenters. The van der Waals surface area contributed by atoms with Gasteiger partial charge in [-0.25, -0.2) is 9.18 Å². The zero-order chi connectivity index (χ0) is 13.7. The number of ether oxygens (including phenoxy) is 1. The van der Waals surface area contributed by atoms with Crippen molar-refractivity contribution >= 4 is 18.3 Å². The molecule has 0 bridgehead atoms. The molecule has 1 rings (SSSR count). The number of alkyl halides is 2. The third-order valence-electron chi connectivity index (χ3n) is 1.85. The molecule has 0 aliphatic rings. The number of aldehydes is 1. The summed E-state index contributed by atoms with van der Waals surface area (Å²) in [4.78, 5) is 20.9. The van der Waals surface area contributed by atoms with Crippen LogP contribution in [0.2, 0.25) is 0 Å². The first kappa shape index (κ1) is 13.8. The molecule has 1 aromatic rings. The van der Waals surface area contributed by atoms with Crippen molar-refractivity contribution in [2.24, 2.45) is 0 Å². The Balaban J connectivity index is 3.18. The molecule has 96 valence electrons. The van der Waals surface area contributed by atoms with Crippen LogP contribution in [-0.4, -0.2) is 24.0 Å². The molecular formula is C11H7F3O4. The molecule has 0 heterocycles. The predicted octanol–water partition coefficient (Wildman–Crippen LogP) is 2.34. The van der Waals surface area contributed by atoms with Gasteiger partial charge in [0.15, 0.2) is 17.9 Å². The van der Waals surface area contributed by atoms with Crippen LogP contribution in [0.1, 0.15) is 15.9 Å². The van der Waals surface area contributed by atoms with Gasteiger partial charge in [-0.2, -0.15) is 8.78 Å². The minimum Gasteiger partial charge on any atom is -0.478 e. The van der Waals surface area contributed by atoms with E-state index < -0.39 is 29.7 Å².